The van der Waals surface area contributed by atoms with Gasteiger partial charge in [0.05, 0.1) is 62.1 Å². The summed E-state index contributed by atoms with van der Waals surface area (Å²) in [5.41, 5.74) is 16.1. The zero-order chi connectivity index (χ0) is 45.0. The van der Waals surface area contributed by atoms with E-state index in [4.69, 9.17) is 4.42 Å². The minimum absolute atomic E-state index is 0.550. The number of aromatic nitrogens is 3. The molecule has 0 amide bonds. The summed E-state index contributed by atoms with van der Waals surface area (Å²) in [5, 5.41) is 29.4. The first-order valence-corrected chi connectivity index (χ1v) is 22.7. The van der Waals surface area contributed by atoms with Crippen LogP contribution in [0.5, 0.6) is 0 Å². The van der Waals surface area contributed by atoms with E-state index in [-0.39, 0.29) is 0 Å². The summed E-state index contributed by atoms with van der Waals surface area (Å²) in [6.45, 7) is 0. The van der Waals surface area contributed by atoms with E-state index in [9.17, 15) is 10.5 Å². The Labute approximate surface area is 389 Å². The molecule has 0 bridgehead atoms. The molecule has 0 aliphatic carbocycles. The lowest BCUT2D eigenvalue weighted by Crippen LogP contribution is -2.02. The Hall–Kier alpha value is -9.62. The van der Waals surface area contributed by atoms with Gasteiger partial charge >= 0.3 is 0 Å². The van der Waals surface area contributed by atoms with Crippen LogP contribution < -0.4 is 0 Å². The molecule has 0 aliphatic rings. The Bertz CT molecular complexity index is 4510. The van der Waals surface area contributed by atoms with E-state index < -0.39 is 0 Å². The van der Waals surface area contributed by atoms with Gasteiger partial charge in [0.25, 0.3) is 0 Å². The number of nitrogens with zero attached hydrogens (tertiary/aromatic N) is 5. The molecule has 0 saturated heterocycles. The molecular weight excluding hydrogens is 831 g/mol. The smallest absolute Gasteiger partial charge is 0.137 e. The standard InChI is InChI=1S/C62H35N5O/c63-36-38-22-24-39(25-23-38)44-28-26-40(32-41(44)37-64)45-29-27-43(33-57(45)67-54-19-9-5-15-47(54)51-34-52-48-16-7-11-21-59(48)68-60(52)35-58(51)67)65-55-20-10-6-17-50(55)61-56(65)31-30-49-46-14-4-8-18-53(46)66(62(49)61)42-12-2-1-3-13-42/h1-35H. The molecule has 0 fully saturated rings. The molecular formula is C62H35N5O. The monoisotopic (exact) mass is 865 g/mol. The third kappa shape index (κ3) is 5.37. The first-order chi connectivity index (χ1) is 33.6. The van der Waals surface area contributed by atoms with Crippen molar-refractivity contribution in [1.29, 1.82) is 10.5 Å². The molecule has 10 aromatic carbocycles. The van der Waals surface area contributed by atoms with Gasteiger partial charge in [-0.25, -0.2) is 0 Å². The van der Waals surface area contributed by atoms with Crippen LogP contribution in [0.4, 0.5) is 0 Å². The van der Waals surface area contributed by atoms with Crippen molar-refractivity contribution in [2.75, 3.05) is 0 Å². The van der Waals surface area contributed by atoms with Crippen molar-refractivity contribution in [2.24, 2.45) is 0 Å². The van der Waals surface area contributed by atoms with E-state index in [2.05, 4.69) is 190 Å². The predicted octanol–water partition coefficient (Wildman–Crippen LogP) is 16.0. The van der Waals surface area contributed by atoms with Crippen LogP contribution >= 0.6 is 0 Å². The van der Waals surface area contributed by atoms with Crippen LogP contribution in [0.3, 0.4) is 0 Å². The van der Waals surface area contributed by atoms with Crippen molar-refractivity contribution >= 4 is 87.4 Å². The van der Waals surface area contributed by atoms with Gasteiger partial charge in [-0.1, -0.05) is 127 Å². The summed E-state index contributed by atoms with van der Waals surface area (Å²) in [4.78, 5) is 0. The average Bonchev–Trinajstić information content (AvgIpc) is 4.14. The summed E-state index contributed by atoms with van der Waals surface area (Å²) in [5.74, 6) is 0. The summed E-state index contributed by atoms with van der Waals surface area (Å²) >= 11 is 0. The molecule has 0 saturated carbocycles. The Morgan fingerprint density at radius 2 is 1.00 bits per heavy atom. The Morgan fingerprint density at radius 3 is 1.76 bits per heavy atom. The fourth-order valence-corrected chi connectivity index (χ4v) is 10.9. The van der Waals surface area contributed by atoms with Crippen LogP contribution in [0.1, 0.15) is 11.1 Å². The van der Waals surface area contributed by atoms with E-state index in [1.165, 1.54) is 27.1 Å². The van der Waals surface area contributed by atoms with Gasteiger partial charge in [-0.3, -0.25) is 0 Å². The molecule has 0 aliphatic heterocycles. The highest BCUT2D eigenvalue weighted by atomic mass is 16.3. The predicted molar refractivity (Wildman–Crippen MR) is 277 cm³/mol. The lowest BCUT2D eigenvalue weighted by molar-refractivity contribution is 0.669. The van der Waals surface area contributed by atoms with Crippen LogP contribution in [0, 0.1) is 22.7 Å². The molecule has 6 heteroatoms. The largest absolute Gasteiger partial charge is 0.456 e. The minimum atomic E-state index is 0.550. The number of furan rings is 1. The van der Waals surface area contributed by atoms with Crippen LogP contribution in [-0.2, 0) is 0 Å². The third-order valence-corrected chi connectivity index (χ3v) is 13.9. The van der Waals surface area contributed by atoms with Gasteiger partial charge in [-0.2, -0.15) is 10.5 Å². The van der Waals surface area contributed by atoms with Gasteiger partial charge in [0.15, 0.2) is 0 Å². The fourth-order valence-electron chi connectivity index (χ4n) is 10.9. The lowest BCUT2D eigenvalue weighted by atomic mass is 9.94. The fraction of sp³-hybridized carbons (Fsp3) is 0. The number of hydrogen-bond donors (Lipinski definition) is 0. The highest BCUT2D eigenvalue weighted by Crippen LogP contribution is 2.45. The SMILES string of the molecule is N#Cc1ccc(-c2ccc(-c3ccc(-n4c5ccccc5c5c4ccc4c6ccccc6n(-c6ccccc6)c45)cc3-n3c4ccccc4c4cc5c(cc43)oc3ccccc35)cc2C#N)cc1. The third-order valence-electron chi connectivity index (χ3n) is 13.9. The number of benzene rings is 10. The van der Waals surface area contributed by atoms with Crippen molar-refractivity contribution in [3.05, 3.63) is 223 Å². The summed E-state index contributed by atoms with van der Waals surface area (Å²) in [6.07, 6.45) is 0. The van der Waals surface area contributed by atoms with E-state index in [0.717, 1.165) is 99.6 Å². The maximum atomic E-state index is 10.7. The first kappa shape index (κ1) is 37.7. The molecule has 0 N–H and O–H groups in total. The molecule has 0 spiro atoms. The molecule has 4 aromatic heterocycles. The highest BCUT2D eigenvalue weighted by molar-refractivity contribution is 6.26. The van der Waals surface area contributed by atoms with Crippen LogP contribution in [0.2, 0.25) is 0 Å². The van der Waals surface area contributed by atoms with Gasteiger partial charge in [0.2, 0.25) is 0 Å². The highest BCUT2D eigenvalue weighted by Gasteiger charge is 2.24. The van der Waals surface area contributed by atoms with E-state index in [1.54, 1.807) is 12.1 Å². The van der Waals surface area contributed by atoms with Crippen molar-refractivity contribution < 1.29 is 4.42 Å². The number of fused-ring (bicyclic) bond motifs is 13. The second-order valence-corrected chi connectivity index (χ2v) is 17.5. The topological polar surface area (TPSA) is 75.5 Å². The van der Waals surface area contributed by atoms with Crippen molar-refractivity contribution in [2.45, 2.75) is 0 Å². The molecule has 14 aromatic rings. The van der Waals surface area contributed by atoms with Crippen LogP contribution in [0.15, 0.2) is 217 Å². The van der Waals surface area contributed by atoms with Gasteiger partial charge in [0, 0.05) is 66.1 Å². The minimum Gasteiger partial charge on any atom is -0.456 e. The molecule has 0 unspecified atom stereocenters. The molecule has 0 radical (unpaired) electrons. The van der Waals surface area contributed by atoms with Crippen molar-refractivity contribution in [1.82, 2.24) is 13.7 Å². The number of nitriles is 2. The molecule has 314 valence electrons. The maximum absolute atomic E-state index is 10.7. The van der Waals surface area contributed by atoms with E-state index in [1.807, 2.05) is 36.4 Å². The maximum Gasteiger partial charge on any atom is 0.137 e. The Morgan fingerprint density at radius 1 is 0.353 bits per heavy atom. The Balaban J connectivity index is 1.08. The van der Waals surface area contributed by atoms with Crippen LogP contribution in [0.25, 0.3) is 127 Å². The second kappa shape index (κ2) is 14.4. The molecule has 14 rings (SSSR count). The lowest BCUT2D eigenvalue weighted by Gasteiger charge is -2.18. The molecule has 6 nitrogen and oxygen atoms in total. The summed E-state index contributed by atoms with van der Waals surface area (Å²) in [6, 6.07) is 79.0. The quantitative estimate of drug-likeness (QED) is 0.173. The average molecular weight is 866 g/mol. The second-order valence-electron chi connectivity index (χ2n) is 17.5. The number of rotatable bonds is 5. The van der Waals surface area contributed by atoms with E-state index in [0.29, 0.717) is 11.1 Å². The number of hydrogen-bond acceptors (Lipinski definition) is 3. The normalized spacial score (nSPS) is 11.8. The molecule has 68 heavy (non-hydrogen) atoms. The van der Waals surface area contributed by atoms with Gasteiger partial charge in [-0.05, 0) is 95.6 Å². The van der Waals surface area contributed by atoms with Gasteiger partial charge in [-0.15, -0.1) is 0 Å². The summed E-state index contributed by atoms with van der Waals surface area (Å²) < 4.78 is 13.8. The zero-order valence-electron chi connectivity index (χ0n) is 36.4. The van der Waals surface area contributed by atoms with Gasteiger partial charge in [0.1, 0.15) is 11.2 Å². The van der Waals surface area contributed by atoms with Gasteiger partial charge < -0.3 is 18.1 Å². The molecule has 4 heterocycles. The first-order valence-electron chi connectivity index (χ1n) is 22.7. The van der Waals surface area contributed by atoms with Crippen molar-refractivity contribution in [3.8, 4) is 51.5 Å². The Kier molecular flexibility index (Phi) is 8.01. The summed E-state index contributed by atoms with van der Waals surface area (Å²) in [7, 11) is 0. The number of para-hydroxylation sites is 5. The van der Waals surface area contributed by atoms with Crippen LogP contribution in [-0.4, -0.2) is 13.7 Å². The molecule has 0 atom stereocenters. The van der Waals surface area contributed by atoms with E-state index >= 15 is 0 Å². The van der Waals surface area contributed by atoms with Crippen molar-refractivity contribution in [3.63, 3.8) is 0 Å². The zero-order valence-corrected chi connectivity index (χ0v) is 36.4.